The minimum absolute atomic E-state index is 0.383. The molecular formula is C7H7N3OS. The van der Waals surface area contributed by atoms with E-state index in [0.29, 0.717) is 4.84 Å². The summed E-state index contributed by atoms with van der Waals surface area (Å²) in [7, 11) is 1.86. The number of hydrogen-bond acceptors (Lipinski definition) is 3. The maximum atomic E-state index is 4.95. The lowest BCUT2D eigenvalue weighted by molar-refractivity contribution is 0.541. The molecule has 2 rings (SSSR count). The SMILES string of the molecule is Cn1cc(-c2coc(=S)[nH]2)cn1. The molecule has 0 spiro atoms. The second-order valence-electron chi connectivity index (χ2n) is 2.46. The minimum atomic E-state index is 0.383. The van der Waals surface area contributed by atoms with E-state index in [1.165, 1.54) is 0 Å². The maximum absolute atomic E-state index is 4.95. The van der Waals surface area contributed by atoms with Gasteiger partial charge in [0.2, 0.25) is 0 Å². The van der Waals surface area contributed by atoms with Crippen molar-refractivity contribution < 1.29 is 4.42 Å². The van der Waals surface area contributed by atoms with Crippen molar-refractivity contribution in [2.24, 2.45) is 7.05 Å². The molecule has 12 heavy (non-hydrogen) atoms. The Hall–Kier alpha value is -1.36. The van der Waals surface area contributed by atoms with E-state index in [9.17, 15) is 0 Å². The molecular weight excluding hydrogens is 174 g/mol. The maximum Gasteiger partial charge on any atom is 0.266 e. The van der Waals surface area contributed by atoms with Gasteiger partial charge in [-0.25, -0.2) is 0 Å². The number of H-pyrrole nitrogens is 1. The summed E-state index contributed by atoms with van der Waals surface area (Å²) < 4.78 is 6.67. The number of hydrogen-bond donors (Lipinski definition) is 1. The van der Waals surface area contributed by atoms with Gasteiger partial charge in [-0.1, -0.05) is 0 Å². The third kappa shape index (κ3) is 1.18. The molecule has 0 unspecified atom stereocenters. The van der Waals surface area contributed by atoms with E-state index in [-0.39, 0.29) is 0 Å². The molecule has 0 aliphatic rings. The topological polar surface area (TPSA) is 46.8 Å². The van der Waals surface area contributed by atoms with E-state index in [1.54, 1.807) is 17.1 Å². The molecule has 0 amide bonds. The summed E-state index contributed by atoms with van der Waals surface area (Å²) in [6.07, 6.45) is 5.21. The highest BCUT2D eigenvalue weighted by molar-refractivity contribution is 7.71. The van der Waals surface area contributed by atoms with Crippen LogP contribution in [0.1, 0.15) is 0 Å². The van der Waals surface area contributed by atoms with Gasteiger partial charge < -0.3 is 9.40 Å². The number of aromatic amines is 1. The average Bonchev–Trinajstić information content (AvgIpc) is 2.58. The Labute approximate surface area is 73.8 Å². The van der Waals surface area contributed by atoms with E-state index < -0.39 is 0 Å². The zero-order chi connectivity index (χ0) is 8.55. The van der Waals surface area contributed by atoms with E-state index in [0.717, 1.165) is 11.3 Å². The quantitative estimate of drug-likeness (QED) is 0.681. The predicted octanol–water partition coefficient (Wildman–Crippen LogP) is 1.74. The number of rotatable bonds is 1. The largest absolute Gasteiger partial charge is 0.437 e. The van der Waals surface area contributed by atoms with Gasteiger partial charge in [-0.05, 0) is 12.2 Å². The van der Waals surface area contributed by atoms with Gasteiger partial charge in [0, 0.05) is 18.8 Å². The summed E-state index contributed by atoms with van der Waals surface area (Å²) in [4.78, 5) is 3.28. The van der Waals surface area contributed by atoms with Crippen LogP contribution in [0.2, 0.25) is 0 Å². The van der Waals surface area contributed by atoms with Gasteiger partial charge in [0.05, 0.1) is 11.9 Å². The first kappa shape index (κ1) is 7.30. The second kappa shape index (κ2) is 2.60. The molecule has 0 aromatic carbocycles. The molecule has 4 nitrogen and oxygen atoms in total. The molecule has 0 saturated carbocycles. The number of oxazole rings is 1. The zero-order valence-electron chi connectivity index (χ0n) is 6.44. The average molecular weight is 181 g/mol. The highest BCUT2D eigenvalue weighted by atomic mass is 32.1. The first-order valence-corrected chi connectivity index (χ1v) is 3.83. The smallest absolute Gasteiger partial charge is 0.266 e. The molecule has 1 N–H and O–H groups in total. The highest BCUT2D eigenvalue weighted by Crippen LogP contribution is 2.15. The zero-order valence-corrected chi connectivity index (χ0v) is 7.26. The van der Waals surface area contributed by atoms with Gasteiger partial charge in [-0.2, -0.15) is 5.10 Å². The molecule has 62 valence electrons. The van der Waals surface area contributed by atoms with Crippen LogP contribution in [-0.2, 0) is 7.05 Å². The van der Waals surface area contributed by atoms with Crippen LogP contribution in [0.15, 0.2) is 23.1 Å². The van der Waals surface area contributed by atoms with Crippen LogP contribution in [0, 0.1) is 4.84 Å². The number of aromatic nitrogens is 3. The molecule has 0 fully saturated rings. The molecule has 0 aliphatic carbocycles. The summed E-state index contributed by atoms with van der Waals surface area (Å²) in [6, 6.07) is 0. The van der Waals surface area contributed by atoms with E-state index >= 15 is 0 Å². The lowest BCUT2D eigenvalue weighted by atomic mass is 10.3. The monoisotopic (exact) mass is 181 g/mol. The van der Waals surface area contributed by atoms with Crippen LogP contribution < -0.4 is 0 Å². The van der Waals surface area contributed by atoms with E-state index in [1.807, 2.05) is 13.2 Å². The molecule has 2 aromatic heterocycles. The van der Waals surface area contributed by atoms with Gasteiger partial charge in [0.15, 0.2) is 0 Å². The molecule has 2 aromatic rings. The molecule has 0 radical (unpaired) electrons. The van der Waals surface area contributed by atoms with Crippen molar-refractivity contribution >= 4 is 12.2 Å². The molecule has 0 atom stereocenters. The molecule has 0 saturated heterocycles. The lowest BCUT2D eigenvalue weighted by Crippen LogP contribution is -1.84. The van der Waals surface area contributed by atoms with Crippen molar-refractivity contribution in [2.45, 2.75) is 0 Å². The van der Waals surface area contributed by atoms with Crippen LogP contribution in [0.25, 0.3) is 11.3 Å². The standard InChI is InChI=1S/C7H7N3OS/c1-10-3-5(2-8-10)6-4-11-7(12)9-6/h2-4H,1H3,(H,9,12). The number of nitrogens with one attached hydrogen (secondary N) is 1. The normalized spacial score (nSPS) is 10.4. The van der Waals surface area contributed by atoms with Gasteiger partial charge in [0.1, 0.15) is 6.26 Å². The Bertz CT molecular complexity index is 439. The van der Waals surface area contributed by atoms with Gasteiger partial charge in [0.25, 0.3) is 4.84 Å². The third-order valence-electron chi connectivity index (χ3n) is 1.54. The summed E-state index contributed by atoms with van der Waals surface area (Å²) >= 11 is 4.79. The van der Waals surface area contributed by atoms with E-state index in [2.05, 4.69) is 10.1 Å². The van der Waals surface area contributed by atoms with Crippen LogP contribution >= 0.6 is 12.2 Å². The highest BCUT2D eigenvalue weighted by Gasteiger charge is 2.01. The van der Waals surface area contributed by atoms with Gasteiger partial charge in [-0.3, -0.25) is 4.68 Å². The Morgan fingerprint density at radius 2 is 2.50 bits per heavy atom. The van der Waals surface area contributed by atoms with Crippen molar-refractivity contribution in [3.8, 4) is 11.3 Å². The summed E-state index contributed by atoms with van der Waals surface area (Å²) in [5.74, 6) is 0. The van der Waals surface area contributed by atoms with Crippen LogP contribution in [0.4, 0.5) is 0 Å². The molecule has 5 heteroatoms. The van der Waals surface area contributed by atoms with Gasteiger partial charge in [-0.15, -0.1) is 0 Å². The summed E-state index contributed by atoms with van der Waals surface area (Å²) in [5.41, 5.74) is 1.82. The van der Waals surface area contributed by atoms with Crippen molar-refractivity contribution in [1.29, 1.82) is 0 Å². The molecule has 0 aliphatic heterocycles. The van der Waals surface area contributed by atoms with Crippen molar-refractivity contribution in [3.05, 3.63) is 23.5 Å². The van der Waals surface area contributed by atoms with E-state index in [4.69, 9.17) is 16.6 Å². The Balaban J connectivity index is 2.50. The second-order valence-corrected chi connectivity index (χ2v) is 2.84. The van der Waals surface area contributed by atoms with Crippen molar-refractivity contribution in [2.75, 3.05) is 0 Å². The Morgan fingerprint density at radius 1 is 1.67 bits per heavy atom. The third-order valence-corrected chi connectivity index (χ3v) is 1.73. The van der Waals surface area contributed by atoms with Crippen molar-refractivity contribution in [3.63, 3.8) is 0 Å². The number of nitrogens with zero attached hydrogens (tertiary/aromatic N) is 2. The summed E-state index contributed by atoms with van der Waals surface area (Å²) in [5, 5.41) is 4.02. The van der Waals surface area contributed by atoms with Crippen LogP contribution in [0.5, 0.6) is 0 Å². The first-order chi connectivity index (χ1) is 5.75. The fourth-order valence-corrected chi connectivity index (χ4v) is 1.14. The Morgan fingerprint density at radius 3 is 3.00 bits per heavy atom. The minimum Gasteiger partial charge on any atom is -0.437 e. The van der Waals surface area contributed by atoms with Crippen LogP contribution in [0.3, 0.4) is 0 Å². The van der Waals surface area contributed by atoms with Crippen LogP contribution in [-0.4, -0.2) is 14.8 Å². The fraction of sp³-hybridized carbons (Fsp3) is 0.143. The summed E-state index contributed by atoms with van der Waals surface area (Å²) in [6.45, 7) is 0. The lowest BCUT2D eigenvalue weighted by Gasteiger charge is -1.85. The first-order valence-electron chi connectivity index (χ1n) is 3.42. The van der Waals surface area contributed by atoms with Gasteiger partial charge >= 0.3 is 0 Å². The Kier molecular flexibility index (Phi) is 1.58. The predicted molar refractivity (Wildman–Crippen MR) is 46.1 cm³/mol. The fourth-order valence-electron chi connectivity index (χ4n) is 0.982. The number of aryl methyl sites for hydroxylation is 1. The van der Waals surface area contributed by atoms with Crippen molar-refractivity contribution in [1.82, 2.24) is 14.8 Å². The molecule has 2 heterocycles. The molecule has 0 bridgehead atoms.